The van der Waals surface area contributed by atoms with Gasteiger partial charge in [-0.3, -0.25) is 9.59 Å². The molecule has 5 nitrogen and oxygen atoms in total. The van der Waals surface area contributed by atoms with Crippen molar-refractivity contribution >= 4 is 24.0 Å². The van der Waals surface area contributed by atoms with Crippen LogP contribution >= 0.6 is 11.8 Å². The molecule has 0 aliphatic carbocycles. The highest BCUT2D eigenvalue weighted by molar-refractivity contribution is 7.99. The lowest BCUT2D eigenvalue weighted by molar-refractivity contribution is -0.144. The first-order valence-electron chi connectivity index (χ1n) is 7.71. The Balaban J connectivity index is 1.90. The summed E-state index contributed by atoms with van der Waals surface area (Å²) in [5.41, 5.74) is 1.44. The minimum absolute atomic E-state index is 0.258. The van der Waals surface area contributed by atoms with Gasteiger partial charge in [-0.25, -0.2) is 0 Å². The van der Waals surface area contributed by atoms with E-state index in [-0.39, 0.29) is 19.0 Å². The molecular weight excluding hydrogens is 340 g/mol. The van der Waals surface area contributed by atoms with Crippen LogP contribution in [0.2, 0.25) is 0 Å². The average molecular weight is 360 g/mol. The van der Waals surface area contributed by atoms with Crippen molar-refractivity contribution in [3.05, 3.63) is 53.6 Å². The third-order valence-corrected chi connectivity index (χ3v) is 4.43. The zero-order chi connectivity index (χ0) is 18.1. The highest BCUT2D eigenvalue weighted by Crippen LogP contribution is 2.38. The fourth-order valence-corrected chi connectivity index (χ4v) is 3.20. The van der Waals surface area contributed by atoms with Crippen molar-refractivity contribution < 1.29 is 23.8 Å². The monoisotopic (exact) mass is 360 g/mol. The number of carbonyl (C=O) groups is 2. The first kappa shape index (κ1) is 18.9. The standard InChI is InChI=1S/C19H20O5S/c1-22-16-10-15(12-20)11-17(19(16)23-2)25-9-8-18(21)24-13-14-6-4-3-5-7-14/h3-7,10-12H,8-9,13H2,1-2H3. The molecule has 2 rings (SSSR count). The summed E-state index contributed by atoms with van der Waals surface area (Å²) in [6.45, 7) is 0.266. The van der Waals surface area contributed by atoms with Crippen LogP contribution in [0.1, 0.15) is 22.3 Å². The molecule has 0 unspecified atom stereocenters. The van der Waals surface area contributed by atoms with Gasteiger partial charge in [0.15, 0.2) is 11.5 Å². The van der Waals surface area contributed by atoms with Crippen molar-refractivity contribution in [2.24, 2.45) is 0 Å². The van der Waals surface area contributed by atoms with Gasteiger partial charge in [0.05, 0.1) is 25.5 Å². The van der Waals surface area contributed by atoms with Gasteiger partial charge in [0.25, 0.3) is 0 Å². The molecule has 0 aliphatic rings. The third-order valence-electron chi connectivity index (χ3n) is 3.41. The maximum Gasteiger partial charge on any atom is 0.306 e. The minimum atomic E-state index is -0.270. The summed E-state index contributed by atoms with van der Waals surface area (Å²) in [7, 11) is 3.05. The fourth-order valence-electron chi connectivity index (χ4n) is 2.18. The Morgan fingerprint density at radius 1 is 1.12 bits per heavy atom. The van der Waals surface area contributed by atoms with E-state index in [4.69, 9.17) is 14.2 Å². The smallest absolute Gasteiger partial charge is 0.306 e. The van der Waals surface area contributed by atoms with Gasteiger partial charge in [-0.1, -0.05) is 30.3 Å². The highest BCUT2D eigenvalue weighted by Gasteiger charge is 2.14. The number of rotatable bonds is 9. The zero-order valence-electron chi connectivity index (χ0n) is 14.2. The van der Waals surface area contributed by atoms with E-state index in [1.165, 1.54) is 26.0 Å². The van der Waals surface area contributed by atoms with Crippen LogP contribution in [-0.2, 0) is 16.1 Å². The SMILES string of the molecule is COc1cc(C=O)cc(SCCC(=O)OCc2ccccc2)c1OC. The Bertz CT molecular complexity index is 715. The number of esters is 1. The van der Waals surface area contributed by atoms with E-state index >= 15 is 0 Å². The Labute approximate surface area is 151 Å². The molecule has 2 aromatic carbocycles. The summed E-state index contributed by atoms with van der Waals surface area (Å²) in [6.07, 6.45) is 1.01. The molecule has 25 heavy (non-hydrogen) atoms. The molecule has 0 radical (unpaired) electrons. The van der Waals surface area contributed by atoms with Gasteiger partial charge in [0.1, 0.15) is 12.9 Å². The van der Waals surface area contributed by atoms with Crippen molar-refractivity contribution in [1.29, 1.82) is 0 Å². The van der Waals surface area contributed by atoms with Gasteiger partial charge in [0.2, 0.25) is 0 Å². The average Bonchev–Trinajstić information content (AvgIpc) is 2.66. The second-order valence-electron chi connectivity index (χ2n) is 5.12. The van der Waals surface area contributed by atoms with Crippen LogP contribution < -0.4 is 9.47 Å². The van der Waals surface area contributed by atoms with E-state index < -0.39 is 0 Å². The number of carbonyl (C=O) groups excluding carboxylic acids is 2. The van der Waals surface area contributed by atoms with Gasteiger partial charge in [-0.15, -0.1) is 11.8 Å². The molecule has 132 valence electrons. The number of hydrogen-bond donors (Lipinski definition) is 0. The van der Waals surface area contributed by atoms with Gasteiger partial charge in [-0.2, -0.15) is 0 Å². The molecule has 0 fully saturated rings. The Morgan fingerprint density at radius 3 is 2.52 bits per heavy atom. The molecule has 0 heterocycles. The molecule has 0 bridgehead atoms. The van der Waals surface area contributed by atoms with Gasteiger partial charge in [0, 0.05) is 11.3 Å². The van der Waals surface area contributed by atoms with Crippen LogP contribution in [-0.4, -0.2) is 32.2 Å². The molecule has 6 heteroatoms. The zero-order valence-corrected chi connectivity index (χ0v) is 15.0. The number of hydrogen-bond acceptors (Lipinski definition) is 6. The van der Waals surface area contributed by atoms with E-state index in [2.05, 4.69) is 0 Å². The topological polar surface area (TPSA) is 61.8 Å². The largest absolute Gasteiger partial charge is 0.493 e. The van der Waals surface area contributed by atoms with E-state index in [1.54, 1.807) is 12.1 Å². The first-order chi connectivity index (χ1) is 12.2. The molecule has 0 spiro atoms. The molecule has 0 aliphatic heterocycles. The molecule has 0 atom stereocenters. The summed E-state index contributed by atoms with van der Waals surface area (Å²) >= 11 is 1.42. The highest BCUT2D eigenvalue weighted by atomic mass is 32.2. The molecule has 0 aromatic heterocycles. The van der Waals surface area contributed by atoms with Crippen LogP contribution in [0.4, 0.5) is 0 Å². The molecule has 2 aromatic rings. The lowest BCUT2D eigenvalue weighted by Crippen LogP contribution is -2.05. The number of ether oxygens (including phenoxy) is 3. The van der Waals surface area contributed by atoms with Crippen LogP contribution in [0.3, 0.4) is 0 Å². The fraction of sp³-hybridized carbons (Fsp3) is 0.263. The quantitative estimate of drug-likeness (QED) is 0.386. The van der Waals surface area contributed by atoms with Crippen molar-refractivity contribution in [3.63, 3.8) is 0 Å². The van der Waals surface area contributed by atoms with Gasteiger partial charge < -0.3 is 14.2 Å². The predicted molar refractivity (Wildman–Crippen MR) is 96.5 cm³/mol. The van der Waals surface area contributed by atoms with Gasteiger partial charge in [-0.05, 0) is 17.7 Å². The minimum Gasteiger partial charge on any atom is -0.493 e. The van der Waals surface area contributed by atoms with Crippen molar-refractivity contribution in [2.75, 3.05) is 20.0 Å². The second kappa shape index (κ2) is 9.74. The normalized spacial score (nSPS) is 10.2. The molecule has 0 N–H and O–H groups in total. The first-order valence-corrected chi connectivity index (χ1v) is 8.70. The molecular formula is C19H20O5S. The lowest BCUT2D eigenvalue weighted by atomic mass is 10.2. The number of methoxy groups -OCH3 is 2. The van der Waals surface area contributed by atoms with Crippen molar-refractivity contribution in [1.82, 2.24) is 0 Å². The van der Waals surface area contributed by atoms with Crippen LogP contribution in [0.5, 0.6) is 11.5 Å². The summed E-state index contributed by atoms with van der Waals surface area (Å²) in [5.74, 6) is 1.28. The van der Waals surface area contributed by atoms with E-state index in [0.717, 1.165) is 16.7 Å². The Kier molecular flexibility index (Phi) is 7.35. The van der Waals surface area contributed by atoms with Crippen LogP contribution in [0.25, 0.3) is 0 Å². The van der Waals surface area contributed by atoms with Crippen LogP contribution in [0.15, 0.2) is 47.4 Å². The number of benzene rings is 2. The van der Waals surface area contributed by atoms with E-state index in [0.29, 0.717) is 22.8 Å². The number of aldehydes is 1. The van der Waals surface area contributed by atoms with E-state index in [1.807, 2.05) is 30.3 Å². The summed E-state index contributed by atoms with van der Waals surface area (Å²) in [4.78, 5) is 23.7. The van der Waals surface area contributed by atoms with Crippen molar-refractivity contribution in [3.8, 4) is 11.5 Å². The van der Waals surface area contributed by atoms with Crippen LogP contribution in [0, 0.1) is 0 Å². The second-order valence-corrected chi connectivity index (χ2v) is 6.25. The summed E-state index contributed by atoms with van der Waals surface area (Å²) < 4.78 is 15.8. The Hall–Kier alpha value is -2.47. The molecule has 0 saturated carbocycles. The maximum absolute atomic E-state index is 11.9. The summed E-state index contributed by atoms with van der Waals surface area (Å²) in [5, 5.41) is 0. The molecule has 0 saturated heterocycles. The lowest BCUT2D eigenvalue weighted by Gasteiger charge is -2.13. The van der Waals surface area contributed by atoms with E-state index in [9.17, 15) is 9.59 Å². The predicted octanol–water partition coefficient (Wildman–Crippen LogP) is 3.74. The number of thioether (sulfide) groups is 1. The van der Waals surface area contributed by atoms with Crippen molar-refractivity contribution in [2.45, 2.75) is 17.9 Å². The Morgan fingerprint density at radius 2 is 1.88 bits per heavy atom. The maximum atomic E-state index is 11.9. The third kappa shape index (κ3) is 5.53. The van der Waals surface area contributed by atoms with Gasteiger partial charge >= 0.3 is 5.97 Å². The molecule has 0 amide bonds. The summed E-state index contributed by atoms with van der Waals surface area (Å²) in [6, 6.07) is 12.9.